The number of para-hydroxylation sites is 1. The lowest BCUT2D eigenvalue weighted by atomic mass is 10.0. The van der Waals surface area contributed by atoms with E-state index in [1.165, 1.54) is 18.2 Å². The lowest BCUT2D eigenvalue weighted by Crippen LogP contribution is -2.49. The van der Waals surface area contributed by atoms with Crippen LogP contribution in [0.1, 0.15) is 18.9 Å². The maximum atomic E-state index is 12.8. The van der Waals surface area contributed by atoms with Crippen molar-refractivity contribution < 1.29 is 18.0 Å². The minimum Gasteiger partial charge on any atom is -0.331 e. The van der Waals surface area contributed by atoms with Gasteiger partial charge in [0, 0.05) is 6.54 Å². The Hall–Kier alpha value is -1.76. The average Bonchev–Trinajstić information content (AvgIpc) is 2.74. The van der Waals surface area contributed by atoms with Crippen LogP contribution < -0.4 is 16.0 Å². The van der Waals surface area contributed by atoms with Gasteiger partial charge in [-0.05, 0) is 32.0 Å². The van der Waals surface area contributed by atoms with E-state index >= 15 is 0 Å². The third kappa shape index (κ3) is 3.41. The highest BCUT2D eigenvalue weighted by Gasteiger charge is 2.34. The predicted octanol–water partition coefficient (Wildman–Crippen LogP) is 2.58. The van der Waals surface area contributed by atoms with Crippen LogP contribution in [0.5, 0.6) is 0 Å². The van der Waals surface area contributed by atoms with Crippen molar-refractivity contribution in [1.29, 1.82) is 0 Å². The Morgan fingerprint density at radius 1 is 1.35 bits per heavy atom. The first-order valence-electron chi connectivity index (χ1n) is 6.26. The zero-order valence-corrected chi connectivity index (χ0v) is 11.0. The summed E-state index contributed by atoms with van der Waals surface area (Å²) >= 11 is 0. The Morgan fingerprint density at radius 3 is 2.65 bits per heavy atom. The predicted molar refractivity (Wildman–Crippen MR) is 69.5 cm³/mol. The van der Waals surface area contributed by atoms with Gasteiger partial charge in [-0.25, -0.2) is 4.79 Å². The maximum absolute atomic E-state index is 12.8. The van der Waals surface area contributed by atoms with E-state index in [0.717, 1.165) is 19.0 Å². The summed E-state index contributed by atoms with van der Waals surface area (Å²) in [5, 5.41) is 8.07. The number of halogens is 3. The number of hydrogen-bond acceptors (Lipinski definition) is 2. The molecule has 1 aliphatic rings. The Labute approximate surface area is 114 Å². The molecule has 110 valence electrons. The summed E-state index contributed by atoms with van der Waals surface area (Å²) < 4.78 is 38.4. The number of nitrogens with one attached hydrogen (secondary N) is 3. The minimum atomic E-state index is -4.50. The van der Waals surface area contributed by atoms with Crippen LogP contribution in [0.3, 0.4) is 0 Å². The molecule has 1 aromatic carbocycles. The van der Waals surface area contributed by atoms with Crippen LogP contribution in [0.2, 0.25) is 0 Å². The summed E-state index contributed by atoms with van der Waals surface area (Å²) in [6.07, 6.45) is -3.76. The molecule has 1 saturated heterocycles. The van der Waals surface area contributed by atoms with Crippen molar-refractivity contribution in [2.75, 3.05) is 18.4 Å². The molecule has 20 heavy (non-hydrogen) atoms. The van der Waals surface area contributed by atoms with Crippen LogP contribution in [0.25, 0.3) is 0 Å². The normalized spacial score (nSPS) is 22.6. The molecule has 2 rings (SSSR count). The first kappa shape index (κ1) is 14.6. The second kappa shape index (κ2) is 5.32. The van der Waals surface area contributed by atoms with Crippen LogP contribution in [0.15, 0.2) is 24.3 Å². The van der Waals surface area contributed by atoms with E-state index in [1.807, 2.05) is 6.92 Å². The first-order valence-corrected chi connectivity index (χ1v) is 6.26. The van der Waals surface area contributed by atoms with Gasteiger partial charge in [-0.1, -0.05) is 12.1 Å². The molecule has 1 aromatic rings. The van der Waals surface area contributed by atoms with Gasteiger partial charge in [0.1, 0.15) is 0 Å². The highest BCUT2D eigenvalue weighted by Crippen LogP contribution is 2.34. The lowest BCUT2D eigenvalue weighted by molar-refractivity contribution is -0.136. The Morgan fingerprint density at radius 2 is 2.05 bits per heavy atom. The fraction of sp³-hybridized carbons (Fsp3) is 0.462. The van der Waals surface area contributed by atoms with Gasteiger partial charge in [0.15, 0.2) is 0 Å². The van der Waals surface area contributed by atoms with Gasteiger partial charge in [-0.2, -0.15) is 13.2 Å². The van der Waals surface area contributed by atoms with E-state index in [2.05, 4.69) is 16.0 Å². The second-order valence-electron chi connectivity index (χ2n) is 5.11. The average molecular weight is 287 g/mol. The van der Waals surface area contributed by atoms with E-state index in [9.17, 15) is 18.0 Å². The number of carbonyl (C=O) groups is 1. The molecular weight excluding hydrogens is 271 g/mol. The SMILES string of the molecule is CC1(NC(=O)Nc2ccccc2C(F)(F)F)CCNC1. The molecule has 0 saturated carbocycles. The first-order chi connectivity index (χ1) is 9.30. The monoisotopic (exact) mass is 287 g/mol. The van der Waals surface area contributed by atoms with Crippen molar-refractivity contribution in [3.8, 4) is 0 Å². The van der Waals surface area contributed by atoms with Gasteiger partial charge >= 0.3 is 12.2 Å². The number of rotatable bonds is 2. The number of anilines is 1. The number of amides is 2. The van der Waals surface area contributed by atoms with E-state index in [-0.39, 0.29) is 5.69 Å². The molecule has 7 heteroatoms. The lowest BCUT2D eigenvalue weighted by Gasteiger charge is -2.25. The molecule has 1 atom stereocenters. The van der Waals surface area contributed by atoms with Gasteiger partial charge in [-0.3, -0.25) is 0 Å². The molecule has 4 nitrogen and oxygen atoms in total. The molecule has 1 fully saturated rings. The minimum absolute atomic E-state index is 0.243. The van der Waals surface area contributed by atoms with Crippen molar-refractivity contribution in [3.63, 3.8) is 0 Å². The zero-order valence-electron chi connectivity index (χ0n) is 11.0. The highest BCUT2D eigenvalue weighted by atomic mass is 19.4. The highest BCUT2D eigenvalue weighted by molar-refractivity contribution is 5.90. The fourth-order valence-electron chi connectivity index (χ4n) is 2.19. The van der Waals surface area contributed by atoms with Crippen LogP contribution in [0.4, 0.5) is 23.7 Å². The van der Waals surface area contributed by atoms with E-state index < -0.39 is 23.3 Å². The van der Waals surface area contributed by atoms with Crippen molar-refractivity contribution in [1.82, 2.24) is 10.6 Å². The topological polar surface area (TPSA) is 53.2 Å². The Balaban J connectivity index is 2.08. The quantitative estimate of drug-likeness (QED) is 0.783. The molecule has 1 heterocycles. The van der Waals surface area contributed by atoms with Crippen molar-refractivity contribution in [3.05, 3.63) is 29.8 Å². The Kier molecular flexibility index (Phi) is 3.89. The van der Waals surface area contributed by atoms with Gasteiger partial charge in [-0.15, -0.1) is 0 Å². The molecule has 0 spiro atoms. The molecule has 0 aliphatic carbocycles. The third-order valence-corrected chi connectivity index (χ3v) is 3.26. The van der Waals surface area contributed by atoms with Crippen molar-refractivity contribution >= 4 is 11.7 Å². The summed E-state index contributed by atoms with van der Waals surface area (Å²) in [5.74, 6) is 0. The summed E-state index contributed by atoms with van der Waals surface area (Å²) in [7, 11) is 0. The van der Waals surface area contributed by atoms with Gasteiger partial charge < -0.3 is 16.0 Å². The van der Waals surface area contributed by atoms with Crippen LogP contribution in [-0.4, -0.2) is 24.7 Å². The van der Waals surface area contributed by atoms with Crippen LogP contribution >= 0.6 is 0 Å². The molecule has 3 N–H and O–H groups in total. The molecule has 0 aromatic heterocycles. The van der Waals surface area contributed by atoms with Crippen LogP contribution in [0, 0.1) is 0 Å². The van der Waals surface area contributed by atoms with Crippen LogP contribution in [-0.2, 0) is 6.18 Å². The molecule has 0 radical (unpaired) electrons. The zero-order chi connectivity index (χ0) is 14.8. The molecular formula is C13H16F3N3O. The molecule has 0 bridgehead atoms. The number of alkyl halides is 3. The largest absolute Gasteiger partial charge is 0.418 e. The molecule has 1 aliphatic heterocycles. The molecule has 2 amide bonds. The van der Waals surface area contributed by atoms with E-state index in [1.54, 1.807) is 0 Å². The van der Waals surface area contributed by atoms with Crippen molar-refractivity contribution in [2.24, 2.45) is 0 Å². The number of urea groups is 1. The summed E-state index contributed by atoms with van der Waals surface area (Å²) in [5.41, 5.74) is -1.53. The number of benzene rings is 1. The number of carbonyl (C=O) groups excluding carboxylic acids is 1. The summed E-state index contributed by atoms with van der Waals surface area (Å²) in [6.45, 7) is 3.22. The van der Waals surface area contributed by atoms with E-state index in [4.69, 9.17) is 0 Å². The number of hydrogen-bond donors (Lipinski definition) is 3. The summed E-state index contributed by atoms with van der Waals surface area (Å²) in [4.78, 5) is 11.8. The van der Waals surface area contributed by atoms with Gasteiger partial charge in [0.25, 0.3) is 0 Å². The van der Waals surface area contributed by atoms with Crippen molar-refractivity contribution in [2.45, 2.75) is 25.1 Å². The van der Waals surface area contributed by atoms with Gasteiger partial charge in [0.2, 0.25) is 0 Å². The second-order valence-corrected chi connectivity index (χ2v) is 5.11. The summed E-state index contributed by atoms with van der Waals surface area (Å²) in [6, 6.07) is 4.28. The van der Waals surface area contributed by atoms with E-state index in [0.29, 0.717) is 6.54 Å². The Bertz CT molecular complexity index is 496. The fourth-order valence-corrected chi connectivity index (χ4v) is 2.19. The maximum Gasteiger partial charge on any atom is 0.418 e. The smallest absolute Gasteiger partial charge is 0.331 e. The third-order valence-electron chi connectivity index (χ3n) is 3.26. The van der Waals surface area contributed by atoms with Gasteiger partial charge in [0.05, 0.1) is 16.8 Å². The standard InChI is InChI=1S/C13H16F3N3O/c1-12(6-7-17-8-12)19-11(20)18-10-5-3-2-4-9(10)13(14,15)16/h2-5,17H,6-8H2,1H3,(H2,18,19,20). The molecule has 1 unspecified atom stereocenters.